The van der Waals surface area contributed by atoms with Gasteiger partial charge in [-0.05, 0) is 0 Å². The molecule has 0 atom stereocenters. The predicted octanol–water partition coefficient (Wildman–Crippen LogP) is 1.33. The topological polar surface area (TPSA) is 17.1 Å². The Bertz CT molecular complexity index is 161. The van der Waals surface area contributed by atoms with E-state index in [1.54, 1.807) is 0 Å². The van der Waals surface area contributed by atoms with Gasteiger partial charge in [-0.1, -0.05) is 13.2 Å². The molecule has 0 N–H and O–H groups in total. The SMILES string of the molecule is C=C=CS(=O)C=C=C. The Labute approximate surface area is 51.2 Å². The summed E-state index contributed by atoms with van der Waals surface area (Å²) in [5, 5.41) is 2.66. The van der Waals surface area contributed by atoms with Crippen molar-refractivity contribution >= 4 is 10.8 Å². The Morgan fingerprint density at radius 3 is 1.88 bits per heavy atom. The molecule has 0 aromatic rings. The Morgan fingerprint density at radius 2 is 1.62 bits per heavy atom. The maximum atomic E-state index is 10.4. The minimum absolute atomic E-state index is 1.12. The molecule has 42 valence electrons. The van der Waals surface area contributed by atoms with Crippen LogP contribution in [-0.4, -0.2) is 4.21 Å². The maximum Gasteiger partial charge on any atom is 0.0858 e. The zero-order chi connectivity index (χ0) is 6.41. The van der Waals surface area contributed by atoms with Crippen LogP contribution in [0.25, 0.3) is 0 Å². The molecule has 8 heavy (non-hydrogen) atoms. The number of hydrogen-bond acceptors (Lipinski definition) is 1. The Hall–Kier alpha value is -0.810. The molecule has 0 unspecified atom stereocenters. The van der Waals surface area contributed by atoms with Crippen LogP contribution in [0.3, 0.4) is 0 Å². The fourth-order valence-electron chi connectivity index (χ4n) is 0.198. The largest absolute Gasteiger partial charge is 0.249 e. The zero-order valence-electron chi connectivity index (χ0n) is 4.39. The van der Waals surface area contributed by atoms with Crippen molar-refractivity contribution in [2.24, 2.45) is 0 Å². The second kappa shape index (κ2) is 4.35. The van der Waals surface area contributed by atoms with Crippen LogP contribution in [0.2, 0.25) is 0 Å². The molecule has 0 aliphatic rings. The summed E-state index contributed by atoms with van der Waals surface area (Å²) < 4.78 is 10.4. The summed E-state index contributed by atoms with van der Waals surface area (Å²) >= 11 is 0. The van der Waals surface area contributed by atoms with Gasteiger partial charge in [0.1, 0.15) is 0 Å². The molecular weight excluding hydrogens is 120 g/mol. The number of hydrogen-bond donors (Lipinski definition) is 0. The lowest BCUT2D eigenvalue weighted by molar-refractivity contribution is 0.693. The molecule has 0 aromatic heterocycles. The first-order valence-electron chi connectivity index (χ1n) is 1.92. The van der Waals surface area contributed by atoms with Crippen LogP contribution in [0.4, 0.5) is 0 Å². The maximum absolute atomic E-state index is 10.4. The van der Waals surface area contributed by atoms with E-state index in [9.17, 15) is 4.21 Å². The van der Waals surface area contributed by atoms with Crippen LogP contribution in [-0.2, 0) is 10.8 Å². The Kier molecular flexibility index (Phi) is 3.91. The third-order valence-corrected chi connectivity index (χ3v) is 1.20. The van der Waals surface area contributed by atoms with Crippen LogP contribution < -0.4 is 0 Å². The highest BCUT2D eigenvalue weighted by molar-refractivity contribution is 7.90. The van der Waals surface area contributed by atoms with Gasteiger partial charge < -0.3 is 0 Å². The summed E-state index contributed by atoms with van der Waals surface area (Å²) in [5.41, 5.74) is 4.76. The summed E-state index contributed by atoms with van der Waals surface area (Å²) in [6, 6.07) is 0. The Morgan fingerprint density at radius 1 is 1.25 bits per heavy atom. The van der Waals surface area contributed by atoms with Gasteiger partial charge in [0, 0.05) is 10.8 Å². The smallest absolute Gasteiger partial charge is 0.0858 e. The monoisotopic (exact) mass is 126 g/mol. The van der Waals surface area contributed by atoms with Gasteiger partial charge in [-0.3, -0.25) is 0 Å². The van der Waals surface area contributed by atoms with E-state index in [1.165, 1.54) is 10.8 Å². The summed E-state index contributed by atoms with van der Waals surface area (Å²) in [6.45, 7) is 6.48. The molecule has 2 heteroatoms. The van der Waals surface area contributed by atoms with Crippen molar-refractivity contribution in [1.82, 2.24) is 0 Å². The van der Waals surface area contributed by atoms with E-state index in [2.05, 4.69) is 24.6 Å². The lowest BCUT2D eigenvalue weighted by atomic mass is 11.0. The molecule has 0 saturated carbocycles. The highest BCUT2D eigenvalue weighted by Gasteiger charge is 1.76. The molecule has 0 saturated heterocycles. The molecule has 0 spiro atoms. The molecule has 0 rings (SSSR count). The van der Waals surface area contributed by atoms with Crippen molar-refractivity contribution in [1.29, 1.82) is 0 Å². The van der Waals surface area contributed by atoms with Crippen LogP contribution in [0.15, 0.2) is 35.4 Å². The van der Waals surface area contributed by atoms with E-state index in [-0.39, 0.29) is 0 Å². The molecule has 0 fully saturated rings. The molecule has 0 aliphatic carbocycles. The van der Waals surface area contributed by atoms with E-state index in [0.29, 0.717) is 0 Å². The summed E-state index contributed by atoms with van der Waals surface area (Å²) in [6.07, 6.45) is 0. The normalized spacial score (nSPS) is 10.5. The van der Waals surface area contributed by atoms with Gasteiger partial charge in [-0.25, -0.2) is 4.21 Å². The summed E-state index contributed by atoms with van der Waals surface area (Å²) in [7, 11) is -1.12. The second-order valence-electron chi connectivity index (χ2n) is 0.972. The Balaban J connectivity index is 4.04. The number of rotatable bonds is 2. The molecule has 1 nitrogen and oxygen atoms in total. The average molecular weight is 126 g/mol. The quantitative estimate of drug-likeness (QED) is 0.510. The third-order valence-electron chi connectivity index (χ3n) is 0.399. The average Bonchev–Trinajstić information content (AvgIpc) is 1.68. The molecule has 0 bridgehead atoms. The van der Waals surface area contributed by atoms with Crippen LogP contribution in [0.5, 0.6) is 0 Å². The van der Waals surface area contributed by atoms with Gasteiger partial charge in [0.2, 0.25) is 0 Å². The molecule has 0 amide bonds. The van der Waals surface area contributed by atoms with Crippen molar-refractivity contribution in [2.75, 3.05) is 0 Å². The fraction of sp³-hybridized carbons (Fsp3) is 0. The van der Waals surface area contributed by atoms with E-state index in [4.69, 9.17) is 0 Å². The standard InChI is InChI=1S/C6H6OS/c1-3-5-8(7)6-4-2/h5-6H,1-2H2. The van der Waals surface area contributed by atoms with Gasteiger partial charge >= 0.3 is 0 Å². The molecule has 0 radical (unpaired) electrons. The first-order chi connectivity index (χ1) is 3.81. The van der Waals surface area contributed by atoms with Crippen molar-refractivity contribution in [2.45, 2.75) is 0 Å². The lowest BCUT2D eigenvalue weighted by Crippen LogP contribution is -1.68. The van der Waals surface area contributed by atoms with Crippen molar-refractivity contribution in [3.05, 3.63) is 35.4 Å². The summed E-state index contributed by atoms with van der Waals surface area (Å²) in [4.78, 5) is 0. The van der Waals surface area contributed by atoms with Gasteiger partial charge in [0.15, 0.2) is 0 Å². The van der Waals surface area contributed by atoms with Crippen LogP contribution >= 0.6 is 0 Å². The summed E-state index contributed by atoms with van der Waals surface area (Å²) in [5.74, 6) is 0. The lowest BCUT2D eigenvalue weighted by Gasteiger charge is -1.71. The van der Waals surface area contributed by atoms with Crippen molar-refractivity contribution < 1.29 is 4.21 Å². The highest BCUT2D eigenvalue weighted by Crippen LogP contribution is 1.80. The molecule has 0 aromatic carbocycles. The zero-order valence-corrected chi connectivity index (χ0v) is 5.20. The minimum Gasteiger partial charge on any atom is -0.249 e. The van der Waals surface area contributed by atoms with Gasteiger partial charge in [-0.2, -0.15) is 0 Å². The van der Waals surface area contributed by atoms with Gasteiger partial charge in [0.05, 0.1) is 10.8 Å². The van der Waals surface area contributed by atoms with E-state index in [0.717, 1.165) is 0 Å². The van der Waals surface area contributed by atoms with Crippen LogP contribution in [0.1, 0.15) is 0 Å². The molecule has 0 aliphatic heterocycles. The fourth-order valence-corrected chi connectivity index (χ4v) is 0.595. The van der Waals surface area contributed by atoms with Crippen molar-refractivity contribution in [3.63, 3.8) is 0 Å². The molecule has 0 heterocycles. The van der Waals surface area contributed by atoms with Gasteiger partial charge in [-0.15, -0.1) is 11.5 Å². The van der Waals surface area contributed by atoms with E-state index >= 15 is 0 Å². The minimum atomic E-state index is -1.12. The second-order valence-corrected chi connectivity index (χ2v) is 2.10. The molecular formula is C6H6OS. The van der Waals surface area contributed by atoms with Crippen molar-refractivity contribution in [3.8, 4) is 0 Å². The first kappa shape index (κ1) is 7.19. The third kappa shape index (κ3) is 3.38. The first-order valence-corrected chi connectivity index (χ1v) is 3.20. The predicted molar refractivity (Wildman–Crippen MR) is 35.6 cm³/mol. The van der Waals surface area contributed by atoms with E-state index in [1.807, 2.05) is 0 Å². The van der Waals surface area contributed by atoms with Crippen LogP contribution in [0, 0.1) is 0 Å². The van der Waals surface area contributed by atoms with Gasteiger partial charge in [0.25, 0.3) is 0 Å². The highest BCUT2D eigenvalue weighted by atomic mass is 32.2. The van der Waals surface area contributed by atoms with E-state index < -0.39 is 10.8 Å².